The van der Waals surface area contributed by atoms with Gasteiger partial charge in [0.05, 0.1) is 0 Å². The quantitative estimate of drug-likeness (QED) is 0.688. The smallest absolute Gasteiger partial charge is 0.123 e. The second-order valence-electron chi connectivity index (χ2n) is 3.31. The molecule has 0 aliphatic rings. The largest absolute Gasteiger partial charge is 0.491 e. The second kappa shape index (κ2) is 4.34. The summed E-state index contributed by atoms with van der Waals surface area (Å²) in [4.78, 5) is 0. The van der Waals surface area contributed by atoms with Crippen LogP contribution in [0.1, 0.15) is 0 Å². The maximum Gasteiger partial charge on any atom is 0.123 e. The summed E-state index contributed by atoms with van der Waals surface area (Å²) in [6.45, 7) is -0.375. The van der Waals surface area contributed by atoms with Gasteiger partial charge >= 0.3 is 0 Å². The predicted molar refractivity (Wildman–Crippen MR) is 60.8 cm³/mol. The first-order valence-corrected chi connectivity index (χ1v) is 4.77. The van der Waals surface area contributed by atoms with E-state index in [0.717, 1.165) is 16.2 Å². The number of benzene rings is 2. The Hall–Kier alpha value is -1.51. The molecule has 2 radical (unpaired) electrons. The molecule has 2 aromatic rings. The average Bonchev–Trinajstić information content (AvgIpc) is 2.26. The second-order valence-corrected chi connectivity index (χ2v) is 3.31. The molecule has 0 amide bonds. The van der Waals surface area contributed by atoms with Gasteiger partial charge in [-0.2, -0.15) is 0 Å². The van der Waals surface area contributed by atoms with E-state index in [0.29, 0.717) is 5.75 Å². The van der Waals surface area contributed by atoms with Crippen LogP contribution in [0.25, 0.3) is 10.8 Å². The molecule has 0 N–H and O–H groups in total. The van der Waals surface area contributed by atoms with Gasteiger partial charge in [0.15, 0.2) is 0 Å². The molecule has 2 rings (SSSR count). The van der Waals surface area contributed by atoms with Crippen LogP contribution < -0.4 is 10.2 Å². The van der Waals surface area contributed by atoms with Crippen molar-refractivity contribution < 1.29 is 9.13 Å². The first-order valence-electron chi connectivity index (χ1n) is 4.77. The van der Waals surface area contributed by atoms with E-state index in [1.807, 2.05) is 36.4 Å². The lowest BCUT2D eigenvalue weighted by molar-refractivity contribution is 0.273. The number of rotatable bonds is 3. The van der Waals surface area contributed by atoms with Crippen molar-refractivity contribution in [2.24, 2.45) is 0 Å². The molecule has 0 atom stereocenters. The molecule has 0 aliphatic heterocycles. The number of hydrogen-bond acceptors (Lipinski definition) is 1. The van der Waals surface area contributed by atoms with Crippen molar-refractivity contribution in [1.82, 2.24) is 0 Å². The first-order chi connectivity index (χ1) is 7.29. The van der Waals surface area contributed by atoms with Gasteiger partial charge in [-0.1, -0.05) is 29.7 Å². The molecule has 0 saturated carbocycles. The van der Waals surface area contributed by atoms with Crippen LogP contribution in [0.15, 0.2) is 36.4 Å². The van der Waals surface area contributed by atoms with Crippen LogP contribution in [0.3, 0.4) is 0 Å². The highest BCUT2D eigenvalue weighted by atomic mass is 19.1. The van der Waals surface area contributed by atoms with Gasteiger partial charge in [0.25, 0.3) is 0 Å². The van der Waals surface area contributed by atoms with Crippen molar-refractivity contribution >= 4 is 24.1 Å². The minimum Gasteiger partial charge on any atom is -0.491 e. The summed E-state index contributed by atoms with van der Waals surface area (Å²) in [5.74, 6) is 0.685. The molecule has 1 nitrogen and oxygen atoms in total. The minimum atomic E-state index is -0.472. The summed E-state index contributed by atoms with van der Waals surface area (Å²) in [7, 11) is 5.66. The van der Waals surface area contributed by atoms with Gasteiger partial charge < -0.3 is 4.74 Å². The van der Waals surface area contributed by atoms with Crippen LogP contribution in [0.5, 0.6) is 5.75 Å². The molecule has 2 aromatic carbocycles. The molecular weight excluding hydrogens is 190 g/mol. The Morgan fingerprint density at radius 1 is 1.07 bits per heavy atom. The maximum absolute atomic E-state index is 11.9. The van der Waals surface area contributed by atoms with Crippen LogP contribution >= 0.6 is 0 Å². The van der Waals surface area contributed by atoms with Gasteiger partial charge in [0.1, 0.15) is 26.9 Å². The molecule has 0 aliphatic carbocycles. The van der Waals surface area contributed by atoms with Gasteiger partial charge in [-0.05, 0) is 22.9 Å². The zero-order valence-electron chi connectivity index (χ0n) is 8.24. The molecule has 3 heteroatoms. The van der Waals surface area contributed by atoms with Gasteiger partial charge in [-0.15, -0.1) is 0 Å². The van der Waals surface area contributed by atoms with E-state index in [4.69, 9.17) is 12.6 Å². The molecule has 0 spiro atoms. The van der Waals surface area contributed by atoms with Crippen molar-refractivity contribution in [1.29, 1.82) is 0 Å². The lowest BCUT2D eigenvalue weighted by Crippen LogP contribution is -2.00. The topological polar surface area (TPSA) is 9.23 Å². The van der Waals surface area contributed by atoms with E-state index >= 15 is 0 Å². The highest BCUT2D eigenvalue weighted by molar-refractivity contribution is 6.33. The Labute approximate surface area is 89.3 Å². The first kappa shape index (κ1) is 10.0. The zero-order valence-corrected chi connectivity index (χ0v) is 8.24. The average molecular weight is 200 g/mol. The van der Waals surface area contributed by atoms with Crippen LogP contribution in [0.4, 0.5) is 4.39 Å². The summed E-state index contributed by atoms with van der Waals surface area (Å²) < 4.78 is 17.1. The molecule has 15 heavy (non-hydrogen) atoms. The Balaban J connectivity index is 2.34. The van der Waals surface area contributed by atoms with Crippen molar-refractivity contribution in [3.05, 3.63) is 36.4 Å². The Morgan fingerprint density at radius 3 is 2.60 bits per heavy atom. The van der Waals surface area contributed by atoms with Gasteiger partial charge in [0.2, 0.25) is 0 Å². The van der Waals surface area contributed by atoms with E-state index in [-0.39, 0.29) is 6.61 Å². The molecule has 0 bridgehead atoms. The predicted octanol–water partition coefficient (Wildman–Crippen LogP) is 1.98. The monoisotopic (exact) mass is 200 g/mol. The highest BCUT2D eigenvalue weighted by Gasteiger charge is 1.97. The van der Waals surface area contributed by atoms with E-state index in [2.05, 4.69) is 0 Å². The van der Waals surface area contributed by atoms with Crippen LogP contribution in [-0.2, 0) is 0 Å². The molecule has 0 saturated heterocycles. The normalized spacial score (nSPS) is 10.5. The summed E-state index contributed by atoms with van der Waals surface area (Å²) in [6, 6.07) is 11.3. The van der Waals surface area contributed by atoms with Gasteiger partial charge in [-0.3, -0.25) is 0 Å². The summed E-state index contributed by atoms with van der Waals surface area (Å²) in [5.41, 5.74) is 0.736. The van der Waals surface area contributed by atoms with Crippen molar-refractivity contribution in [2.75, 3.05) is 13.3 Å². The zero-order chi connectivity index (χ0) is 10.7. The lowest BCUT2D eigenvalue weighted by Gasteiger charge is -2.05. The van der Waals surface area contributed by atoms with Crippen molar-refractivity contribution in [3.63, 3.8) is 0 Å². The molecule has 0 heterocycles. The summed E-state index contributed by atoms with van der Waals surface area (Å²) in [6.07, 6.45) is 0. The molecule has 0 aromatic heterocycles. The Morgan fingerprint density at radius 2 is 1.80 bits per heavy atom. The number of alkyl halides is 1. The maximum atomic E-state index is 11.9. The van der Waals surface area contributed by atoms with Crippen LogP contribution in [0.2, 0.25) is 0 Å². The third-order valence-corrected chi connectivity index (χ3v) is 2.18. The van der Waals surface area contributed by atoms with Crippen molar-refractivity contribution in [3.8, 4) is 5.75 Å². The molecular formula is C12H10BFO. The fraction of sp³-hybridized carbons (Fsp3) is 0.167. The van der Waals surface area contributed by atoms with E-state index in [9.17, 15) is 4.39 Å². The standard InChI is InChI=1S/C12H10BFO/c13-11-3-1-10-8-12(15-6-5-14)4-2-9(10)7-11/h1-4,7-8H,5-6H2. The van der Waals surface area contributed by atoms with E-state index < -0.39 is 6.67 Å². The van der Waals surface area contributed by atoms with Gasteiger partial charge in [-0.25, -0.2) is 4.39 Å². The number of hydrogen-bond donors (Lipinski definition) is 0. The Bertz CT molecular complexity index is 470. The van der Waals surface area contributed by atoms with Crippen LogP contribution in [0, 0.1) is 0 Å². The molecule has 0 fully saturated rings. The van der Waals surface area contributed by atoms with Crippen LogP contribution in [-0.4, -0.2) is 21.1 Å². The Kier molecular flexibility index (Phi) is 2.90. The SMILES string of the molecule is [B]c1ccc2cc(OCCF)ccc2c1. The third kappa shape index (κ3) is 2.29. The molecule has 0 unspecified atom stereocenters. The summed E-state index contributed by atoms with van der Waals surface area (Å²) in [5, 5.41) is 2.10. The fourth-order valence-corrected chi connectivity index (χ4v) is 1.49. The highest BCUT2D eigenvalue weighted by Crippen LogP contribution is 2.19. The number of fused-ring (bicyclic) bond motifs is 1. The number of ether oxygens (including phenoxy) is 1. The fourth-order valence-electron chi connectivity index (χ4n) is 1.49. The molecule has 74 valence electrons. The minimum absolute atomic E-state index is 0.0977. The van der Waals surface area contributed by atoms with E-state index in [1.165, 1.54) is 0 Å². The number of halogens is 1. The summed E-state index contributed by atoms with van der Waals surface area (Å²) >= 11 is 0. The lowest BCUT2D eigenvalue weighted by atomic mass is 9.93. The van der Waals surface area contributed by atoms with E-state index in [1.54, 1.807) is 0 Å². The van der Waals surface area contributed by atoms with Crippen molar-refractivity contribution in [2.45, 2.75) is 0 Å². The van der Waals surface area contributed by atoms with Gasteiger partial charge in [0, 0.05) is 0 Å². The third-order valence-electron chi connectivity index (χ3n) is 2.18.